The molecule has 3 rings (SSSR count). The molecule has 0 unspecified atom stereocenters. The van der Waals surface area contributed by atoms with Crippen LogP contribution in [0.1, 0.15) is 24.0 Å². The number of nitrogens with zero attached hydrogens (tertiary/aromatic N) is 1. The molecule has 1 saturated heterocycles. The maximum absolute atomic E-state index is 10.1. The maximum Gasteiger partial charge on any atom is 0.118 e. The number of thioether (sulfide) groups is 1. The van der Waals surface area contributed by atoms with Crippen LogP contribution in [0.5, 0.6) is 5.75 Å². The number of likely N-dealkylation sites (tertiary alicyclic amines) is 1. The molecular weight excluding hydrogens is 342 g/mol. The van der Waals surface area contributed by atoms with E-state index in [9.17, 15) is 5.11 Å². The summed E-state index contributed by atoms with van der Waals surface area (Å²) in [6, 6.07) is 17.1. The van der Waals surface area contributed by atoms with Gasteiger partial charge in [-0.25, -0.2) is 0 Å². The third kappa shape index (κ3) is 4.81. The van der Waals surface area contributed by atoms with E-state index < -0.39 is 0 Å². The van der Waals surface area contributed by atoms with E-state index in [-0.39, 0.29) is 12.0 Å². The normalized spacial score (nSPS) is 17.2. The van der Waals surface area contributed by atoms with Gasteiger partial charge in [-0.3, -0.25) is 4.90 Å². The number of benzene rings is 2. The van der Waals surface area contributed by atoms with Gasteiger partial charge in [0.1, 0.15) is 5.75 Å². The highest BCUT2D eigenvalue weighted by Crippen LogP contribution is 2.35. The van der Waals surface area contributed by atoms with Crippen LogP contribution in [0, 0.1) is 5.41 Å². The molecule has 0 saturated carbocycles. The summed E-state index contributed by atoms with van der Waals surface area (Å²) in [5.74, 6) is 0.883. The summed E-state index contributed by atoms with van der Waals surface area (Å²) >= 11 is 1.78. The Bertz CT molecular complexity index is 676. The minimum absolute atomic E-state index is 0.00773. The molecule has 1 fully saturated rings. The summed E-state index contributed by atoms with van der Waals surface area (Å²) in [4.78, 5) is 3.82. The van der Waals surface area contributed by atoms with E-state index in [1.165, 1.54) is 16.0 Å². The molecule has 0 atom stereocenters. The molecule has 3 nitrogen and oxygen atoms in total. The highest BCUT2D eigenvalue weighted by molar-refractivity contribution is 7.98. The molecule has 0 spiro atoms. The van der Waals surface area contributed by atoms with E-state index in [1.54, 1.807) is 18.9 Å². The van der Waals surface area contributed by atoms with Gasteiger partial charge in [-0.1, -0.05) is 24.3 Å². The number of aliphatic hydroxyl groups excluding tert-OH is 1. The van der Waals surface area contributed by atoms with Gasteiger partial charge >= 0.3 is 0 Å². The van der Waals surface area contributed by atoms with E-state index in [4.69, 9.17) is 4.74 Å². The number of piperidine rings is 1. The van der Waals surface area contributed by atoms with Crippen molar-refractivity contribution in [2.75, 3.05) is 33.1 Å². The Morgan fingerprint density at radius 3 is 2.15 bits per heavy atom. The topological polar surface area (TPSA) is 32.7 Å². The lowest BCUT2D eigenvalue weighted by atomic mass is 9.74. The summed E-state index contributed by atoms with van der Waals surface area (Å²) in [6.07, 6.45) is 5.12. The highest BCUT2D eigenvalue weighted by Gasteiger charge is 2.34. The second kappa shape index (κ2) is 8.94. The zero-order valence-corrected chi connectivity index (χ0v) is 16.6. The smallest absolute Gasteiger partial charge is 0.118 e. The number of hydrogen-bond acceptors (Lipinski definition) is 4. The van der Waals surface area contributed by atoms with Crippen molar-refractivity contribution in [3.63, 3.8) is 0 Å². The fourth-order valence-electron chi connectivity index (χ4n) is 3.74. The Morgan fingerprint density at radius 2 is 1.62 bits per heavy atom. The van der Waals surface area contributed by atoms with Crippen molar-refractivity contribution in [3.8, 4) is 5.75 Å². The Balaban J connectivity index is 1.57. The minimum atomic E-state index is 0.00773. The van der Waals surface area contributed by atoms with Gasteiger partial charge in [0.05, 0.1) is 7.11 Å². The maximum atomic E-state index is 10.1. The fourth-order valence-corrected chi connectivity index (χ4v) is 4.15. The predicted octanol–water partition coefficient (Wildman–Crippen LogP) is 4.23. The van der Waals surface area contributed by atoms with Gasteiger partial charge in [0.25, 0.3) is 0 Å². The fraction of sp³-hybridized carbons (Fsp3) is 0.455. The average molecular weight is 372 g/mol. The largest absolute Gasteiger partial charge is 0.497 e. The van der Waals surface area contributed by atoms with Crippen LogP contribution in [0.15, 0.2) is 53.4 Å². The van der Waals surface area contributed by atoms with Crippen molar-refractivity contribution >= 4 is 11.8 Å². The number of rotatable bonds is 7. The molecule has 1 heterocycles. The van der Waals surface area contributed by atoms with Gasteiger partial charge in [-0.05, 0) is 79.4 Å². The van der Waals surface area contributed by atoms with Crippen LogP contribution in [0.3, 0.4) is 0 Å². The summed E-state index contributed by atoms with van der Waals surface area (Å²) in [6.45, 7) is 3.34. The van der Waals surface area contributed by atoms with E-state index in [2.05, 4.69) is 47.6 Å². The number of aliphatic hydroxyl groups is 1. The third-order valence-corrected chi connectivity index (χ3v) is 6.30. The van der Waals surface area contributed by atoms with Crippen molar-refractivity contribution in [3.05, 3.63) is 59.7 Å². The van der Waals surface area contributed by atoms with E-state index in [1.807, 2.05) is 12.1 Å². The molecule has 0 aliphatic carbocycles. The SMILES string of the molecule is COc1ccc(CC2(CO)CCN(Cc3ccc(SC)cc3)CC2)cc1. The molecule has 26 heavy (non-hydrogen) atoms. The van der Waals surface area contributed by atoms with Crippen molar-refractivity contribution in [2.24, 2.45) is 5.41 Å². The average Bonchev–Trinajstić information content (AvgIpc) is 2.71. The Labute approximate surface area is 161 Å². The Kier molecular flexibility index (Phi) is 6.63. The van der Waals surface area contributed by atoms with E-state index in [0.29, 0.717) is 0 Å². The third-order valence-electron chi connectivity index (χ3n) is 5.56. The molecule has 2 aromatic rings. The zero-order valence-electron chi connectivity index (χ0n) is 15.8. The van der Waals surface area contributed by atoms with Gasteiger partial charge in [-0.15, -0.1) is 11.8 Å². The van der Waals surface area contributed by atoms with Crippen molar-refractivity contribution in [1.29, 1.82) is 0 Å². The van der Waals surface area contributed by atoms with Gasteiger partial charge in [0, 0.05) is 18.0 Å². The lowest BCUT2D eigenvalue weighted by molar-refractivity contribution is 0.0413. The molecule has 0 bridgehead atoms. The van der Waals surface area contributed by atoms with Gasteiger partial charge in [0.2, 0.25) is 0 Å². The van der Waals surface area contributed by atoms with Crippen LogP contribution in [0.4, 0.5) is 0 Å². The van der Waals surface area contributed by atoms with Crippen molar-refractivity contribution < 1.29 is 9.84 Å². The monoisotopic (exact) mass is 371 g/mol. The van der Waals surface area contributed by atoms with Gasteiger partial charge in [0.15, 0.2) is 0 Å². The quantitative estimate of drug-likeness (QED) is 0.738. The molecule has 1 aliphatic heterocycles. The molecule has 1 N–H and O–H groups in total. The highest BCUT2D eigenvalue weighted by atomic mass is 32.2. The predicted molar refractivity (Wildman–Crippen MR) is 109 cm³/mol. The number of ether oxygens (including phenoxy) is 1. The summed E-state index contributed by atoms with van der Waals surface area (Å²) in [7, 11) is 1.69. The minimum Gasteiger partial charge on any atom is -0.497 e. The van der Waals surface area contributed by atoms with Gasteiger partial charge in [-0.2, -0.15) is 0 Å². The molecule has 140 valence electrons. The lowest BCUT2D eigenvalue weighted by Crippen LogP contribution is -2.42. The molecule has 1 aliphatic rings. The molecule has 2 aromatic carbocycles. The van der Waals surface area contributed by atoms with E-state index in [0.717, 1.165) is 44.6 Å². The second-order valence-electron chi connectivity index (χ2n) is 7.31. The first-order chi connectivity index (χ1) is 12.7. The second-order valence-corrected chi connectivity index (χ2v) is 8.19. The van der Waals surface area contributed by atoms with Crippen LogP contribution >= 0.6 is 11.8 Å². The Morgan fingerprint density at radius 1 is 1.00 bits per heavy atom. The number of methoxy groups -OCH3 is 1. The van der Waals surface area contributed by atoms with Crippen molar-refractivity contribution in [1.82, 2.24) is 4.90 Å². The Hall–Kier alpha value is -1.49. The molecule has 0 amide bonds. The number of hydrogen-bond donors (Lipinski definition) is 1. The summed E-state index contributed by atoms with van der Waals surface area (Å²) < 4.78 is 5.24. The lowest BCUT2D eigenvalue weighted by Gasteiger charge is -2.41. The van der Waals surface area contributed by atoms with Crippen molar-refractivity contribution in [2.45, 2.75) is 30.7 Å². The standard InChI is InChI=1S/C22H29NO2S/c1-25-20-7-3-18(4-8-20)15-22(17-24)11-13-23(14-12-22)16-19-5-9-21(26-2)10-6-19/h3-10,24H,11-17H2,1-2H3. The zero-order chi connectivity index (χ0) is 18.4. The first-order valence-electron chi connectivity index (χ1n) is 9.25. The van der Waals surface area contributed by atoms with Crippen LogP contribution in [-0.4, -0.2) is 43.1 Å². The molecule has 0 radical (unpaired) electrons. The van der Waals surface area contributed by atoms with Crippen LogP contribution in [-0.2, 0) is 13.0 Å². The first-order valence-corrected chi connectivity index (χ1v) is 10.5. The van der Waals surface area contributed by atoms with Gasteiger partial charge < -0.3 is 9.84 Å². The van der Waals surface area contributed by atoms with E-state index >= 15 is 0 Å². The molecule has 0 aromatic heterocycles. The molecular formula is C22H29NO2S. The summed E-state index contributed by atoms with van der Waals surface area (Å²) in [5.41, 5.74) is 2.66. The first kappa shape index (κ1) is 19.3. The van der Waals surface area contributed by atoms with Crippen LogP contribution in [0.25, 0.3) is 0 Å². The summed E-state index contributed by atoms with van der Waals surface area (Å²) in [5, 5.41) is 10.1. The molecule has 4 heteroatoms. The van der Waals surface area contributed by atoms with Crippen LogP contribution < -0.4 is 4.74 Å². The van der Waals surface area contributed by atoms with Crippen LogP contribution in [0.2, 0.25) is 0 Å².